The molecule has 0 saturated heterocycles. The van der Waals surface area contributed by atoms with E-state index in [1.165, 1.54) is 36.3 Å². The van der Waals surface area contributed by atoms with Crippen LogP contribution in [0.1, 0.15) is 0 Å². The molecule has 0 radical (unpaired) electrons. The molecule has 0 amide bonds. The Balaban J connectivity index is 1.21. The van der Waals surface area contributed by atoms with Gasteiger partial charge < -0.3 is 9.13 Å². The van der Waals surface area contributed by atoms with Crippen molar-refractivity contribution in [2.24, 2.45) is 0 Å². The average molecular weight is 835 g/mol. The van der Waals surface area contributed by atoms with Crippen molar-refractivity contribution in [3.05, 3.63) is 206 Å². The summed E-state index contributed by atoms with van der Waals surface area (Å²) in [5, 5.41) is 9.34. The molecule has 0 atom stereocenters. The minimum Gasteiger partial charge on any atom is -0.309 e. The SMILES string of the molecule is c1ccc(-c2nc(-c3cccc4sc5ccccc5c34)nc(-n3c4ccccc4c4c3c(-n3c5ccccc5c5ccccc53)cc3c5ccccc5n(-c5ccccc5)c34)n2)cc1. The molecule has 64 heavy (non-hydrogen) atoms. The Labute approximate surface area is 370 Å². The normalized spacial score (nSPS) is 12.1. The minimum absolute atomic E-state index is 0.551. The standard InChI is InChI=1S/C57H34N6S/c1-3-18-35(19-4-1)55-58-56(42-27-17-33-50-51(42)41-26-11-16-32-49(41)64-50)60-57(59-55)63-47-31-15-10-25-40(47)52-53-43(39-24-9-12-28-44(39)61(53)36-20-5-2-6-21-36)34-48(54(52)63)62-45-29-13-7-22-37(45)38-23-8-14-30-46(38)62/h1-34H. The number of aromatic nitrogens is 6. The van der Waals surface area contributed by atoms with Crippen LogP contribution in [-0.2, 0) is 0 Å². The van der Waals surface area contributed by atoms with Crippen LogP contribution < -0.4 is 0 Å². The maximum absolute atomic E-state index is 5.59. The van der Waals surface area contributed by atoms with Crippen LogP contribution in [0.2, 0.25) is 0 Å². The predicted molar refractivity (Wildman–Crippen MR) is 267 cm³/mol. The number of benzene rings is 9. The lowest BCUT2D eigenvalue weighted by atomic mass is 10.1. The zero-order valence-corrected chi connectivity index (χ0v) is 35.0. The first-order chi connectivity index (χ1) is 31.8. The number of nitrogens with zero attached hydrogens (tertiary/aromatic N) is 6. The number of hydrogen-bond donors (Lipinski definition) is 0. The summed E-state index contributed by atoms with van der Waals surface area (Å²) < 4.78 is 9.63. The van der Waals surface area contributed by atoms with Crippen molar-refractivity contribution in [1.82, 2.24) is 28.7 Å². The van der Waals surface area contributed by atoms with Crippen LogP contribution >= 0.6 is 11.3 Å². The Hall–Kier alpha value is -8.39. The second-order valence-electron chi connectivity index (χ2n) is 16.4. The maximum Gasteiger partial charge on any atom is 0.238 e. The minimum atomic E-state index is 0.551. The third-order valence-electron chi connectivity index (χ3n) is 12.9. The second-order valence-corrected chi connectivity index (χ2v) is 17.4. The molecule has 14 aromatic rings. The van der Waals surface area contributed by atoms with E-state index in [1.54, 1.807) is 11.3 Å². The molecule has 0 spiro atoms. The van der Waals surface area contributed by atoms with Crippen LogP contribution in [0, 0.1) is 0 Å². The van der Waals surface area contributed by atoms with E-state index < -0.39 is 0 Å². The summed E-state index contributed by atoms with van der Waals surface area (Å²) in [5.41, 5.74) is 10.6. The van der Waals surface area contributed by atoms with Gasteiger partial charge >= 0.3 is 0 Å². The smallest absolute Gasteiger partial charge is 0.238 e. The summed E-state index contributed by atoms with van der Waals surface area (Å²) in [6.45, 7) is 0. The molecule has 9 aromatic carbocycles. The van der Waals surface area contributed by atoms with Crippen molar-refractivity contribution in [2.75, 3.05) is 0 Å². The Kier molecular flexibility index (Phi) is 7.46. The van der Waals surface area contributed by atoms with Gasteiger partial charge in [-0.1, -0.05) is 152 Å². The first-order valence-electron chi connectivity index (χ1n) is 21.5. The predicted octanol–water partition coefficient (Wildman–Crippen LogP) is 14.9. The zero-order valence-electron chi connectivity index (χ0n) is 34.2. The fourth-order valence-electron chi connectivity index (χ4n) is 10.3. The highest BCUT2D eigenvalue weighted by atomic mass is 32.1. The second kappa shape index (κ2) is 13.6. The van der Waals surface area contributed by atoms with Crippen molar-refractivity contribution in [3.8, 4) is 40.1 Å². The molecule has 5 aromatic heterocycles. The number of thiophene rings is 1. The molecule has 0 aliphatic heterocycles. The Morgan fingerprint density at radius 1 is 0.344 bits per heavy atom. The third kappa shape index (κ3) is 4.98. The van der Waals surface area contributed by atoms with Gasteiger partial charge in [0.1, 0.15) is 0 Å². The van der Waals surface area contributed by atoms with Crippen LogP contribution in [0.3, 0.4) is 0 Å². The number of para-hydroxylation sites is 5. The summed E-state index contributed by atoms with van der Waals surface area (Å²) in [6.07, 6.45) is 0. The maximum atomic E-state index is 5.59. The summed E-state index contributed by atoms with van der Waals surface area (Å²) >= 11 is 1.80. The lowest BCUT2D eigenvalue weighted by Gasteiger charge is -2.16. The molecule has 0 unspecified atom stereocenters. The number of hydrogen-bond acceptors (Lipinski definition) is 4. The van der Waals surface area contributed by atoms with E-state index in [0.29, 0.717) is 17.6 Å². The number of fused-ring (bicyclic) bond motifs is 13. The molecule has 0 aliphatic carbocycles. The van der Waals surface area contributed by atoms with E-state index in [9.17, 15) is 0 Å². The van der Waals surface area contributed by atoms with E-state index in [1.807, 2.05) is 18.2 Å². The van der Waals surface area contributed by atoms with Gasteiger partial charge in [0, 0.05) is 69.3 Å². The average Bonchev–Trinajstić information content (AvgIpc) is 4.11. The van der Waals surface area contributed by atoms with Crippen molar-refractivity contribution < 1.29 is 0 Å². The molecule has 6 nitrogen and oxygen atoms in total. The first-order valence-corrected chi connectivity index (χ1v) is 22.4. The molecular formula is C57H34N6S. The molecule has 14 rings (SSSR count). The Morgan fingerprint density at radius 3 is 1.58 bits per heavy atom. The van der Waals surface area contributed by atoms with Crippen molar-refractivity contribution in [1.29, 1.82) is 0 Å². The third-order valence-corrected chi connectivity index (χ3v) is 14.0. The fraction of sp³-hybridized carbons (Fsp3) is 0. The van der Waals surface area contributed by atoms with Gasteiger partial charge in [0.15, 0.2) is 11.6 Å². The van der Waals surface area contributed by atoms with Gasteiger partial charge in [-0.15, -0.1) is 11.3 Å². The van der Waals surface area contributed by atoms with Crippen LogP contribution in [-0.4, -0.2) is 28.7 Å². The van der Waals surface area contributed by atoms with Crippen LogP contribution in [0.4, 0.5) is 0 Å². The van der Waals surface area contributed by atoms with Crippen LogP contribution in [0.25, 0.3) is 126 Å². The number of rotatable bonds is 5. The molecule has 5 heterocycles. The Morgan fingerprint density at radius 2 is 0.875 bits per heavy atom. The molecule has 0 aliphatic rings. The van der Waals surface area contributed by atoms with Gasteiger partial charge in [-0.2, -0.15) is 9.97 Å². The zero-order chi connectivity index (χ0) is 41.9. The highest BCUT2D eigenvalue weighted by Crippen LogP contribution is 2.47. The molecule has 0 bridgehead atoms. The monoisotopic (exact) mass is 834 g/mol. The Bertz CT molecular complexity index is 4140. The van der Waals surface area contributed by atoms with Gasteiger partial charge in [0.25, 0.3) is 0 Å². The quantitative estimate of drug-likeness (QED) is 0.174. The summed E-state index contributed by atoms with van der Waals surface area (Å²) in [6, 6.07) is 73.6. The van der Waals surface area contributed by atoms with Crippen LogP contribution in [0.15, 0.2) is 206 Å². The van der Waals surface area contributed by atoms with E-state index >= 15 is 0 Å². The highest BCUT2D eigenvalue weighted by molar-refractivity contribution is 7.25. The lowest BCUT2D eigenvalue weighted by Crippen LogP contribution is -2.08. The molecule has 0 N–H and O–H groups in total. The van der Waals surface area contributed by atoms with Gasteiger partial charge in [-0.3, -0.25) is 4.57 Å². The van der Waals surface area contributed by atoms with E-state index in [4.69, 9.17) is 15.0 Å². The van der Waals surface area contributed by atoms with E-state index in [0.717, 1.165) is 71.8 Å². The largest absolute Gasteiger partial charge is 0.309 e. The highest BCUT2D eigenvalue weighted by Gasteiger charge is 2.28. The van der Waals surface area contributed by atoms with Crippen LogP contribution in [0.5, 0.6) is 0 Å². The van der Waals surface area contributed by atoms with Crippen molar-refractivity contribution in [3.63, 3.8) is 0 Å². The van der Waals surface area contributed by atoms with E-state index in [-0.39, 0.29) is 0 Å². The van der Waals surface area contributed by atoms with Gasteiger partial charge in [0.2, 0.25) is 5.95 Å². The fourth-order valence-corrected chi connectivity index (χ4v) is 11.4. The molecular weight excluding hydrogens is 801 g/mol. The van der Waals surface area contributed by atoms with Crippen molar-refractivity contribution in [2.45, 2.75) is 0 Å². The van der Waals surface area contributed by atoms with Crippen molar-refractivity contribution >= 4 is 96.9 Å². The molecule has 298 valence electrons. The lowest BCUT2D eigenvalue weighted by molar-refractivity contribution is 0.951. The molecule has 7 heteroatoms. The summed E-state index contributed by atoms with van der Waals surface area (Å²) in [4.78, 5) is 16.4. The topological polar surface area (TPSA) is 53.5 Å². The van der Waals surface area contributed by atoms with Gasteiger partial charge in [-0.25, -0.2) is 4.98 Å². The summed E-state index contributed by atoms with van der Waals surface area (Å²) in [5.74, 6) is 1.79. The molecule has 0 fully saturated rings. The van der Waals surface area contributed by atoms with E-state index in [2.05, 4.69) is 202 Å². The van der Waals surface area contributed by atoms with Gasteiger partial charge in [0.05, 0.1) is 38.8 Å². The first kappa shape index (κ1) is 35.2. The van der Waals surface area contributed by atoms with Gasteiger partial charge in [-0.05, 0) is 54.6 Å². The summed E-state index contributed by atoms with van der Waals surface area (Å²) in [7, 11) is 0. The molecule has 0 saturated carbocycles.